The van der Waals surface area contributed by atoms with E-state index in [9.17, 15) is 18.0 Å². The first-order chi connectivity index (χ1) is 12.1. The van der Waals surface area contributed by atoms with Gasteiger partial charge in [0.15, 0.2) is 17.5 Å². The molecule has 1 aromatic carbocycles. The second-order valence-corrected chi connectivity index (χ2v) is 7.43. The highest BCUT2D eigenvalue weighted by Gasteiger charge is 2.32. The van der Waals surface area contributed by atoms with Crippen LogP contribution in [0.25, 0.3) is 0 Å². The summed E-state index contributed by atoms with van der Waals surface area (Å²) in [5.41, 5.74) is 0.639. The zero-order valence-electron chi connectivity index (χ0n) is 13.3. The largest absolute Gasteiger partial charge is 0.310 e. The van der Waals surface area contributed by atoms with Crippen molar-refractivity contribution in [2.75, 3.05) is 11.1 Å². The molecule has 1 aliphatic heterocycles. The molecule has 0 bridgehead atoms. The van der Waals surface area contributed by atoms with E-state index in [0.717, 1.165) is 31.7 Å². The van der Waals surface area contributed by atoms with E-state index in [0.29, 0.717) is 11.4 Å². The first-order valence-corrected chi connectivity index (χ1v) is 9.23. The monoisotopic (exact) mass is 367 g/mol. The van der Waals surface area contributed by atoms with Crippen LogP contribution >= 0.6 is 11.8 Å². The third kappa shape index (κ3) is 2.82. The number of carbonyl (C=O) groups excluding carboxylic acids is 1. The Morgan fingerprint density at radius 1 is 1.12 bits per heavy atom. The number of amides is 1. The number of fused-ring (bicyclic) bond motifs is 1. The number of hydrogen-bond acceptors (Lipinski definition) is 3. The molecule has 0 spiro atoms. The third-order valence-electron chi connectivity index (χ3n) is 4.76. The quantitative estimate of drug-likeness (QED) is 0.810. The molecule has 4 nitrogen and oxygen atoms in total. The van der Waals surface area contributed by atoms with Gasteiger partial charge in [0.25, 0.3) is 0 Å². The zero-order chi connectivity index (χ0) is 17.6. The lowest BCUT2D eigenvalue weighted by atomic mass is 10.1. The van der Waals surface area contributed by atoms with Crippen LogP contribution in [-0.4, -0.2) is 21.4 Å². The Bertz CT molecular complexity index is 833. The van der Waals surface area contributed by atoms with Gasteiger partial charge in [-0.25, -0.2) is 17.9 Å². The minimum atomic E-state index is -1.49. The highest BCUT2D eigenvalue weighted by atomic mass is 32.2. The van der Waals surface area contributed by atoms with Gasteiger partial charge in [0, 0.05) is 11.1 Å². The maximum absolute atomic E-state index is 14.3. The van der Waals surface area contributed by atoms with Crippen molar-refractivity contribution in [3.8, 4) is 0 Å². The molecule has 2 heterocycles. The Hall–Kier alpha value is -1.96. The number of nitrogens with zero attached hydrogens (tertiary/aromatic N) is 2. The summed E-state index contributed by atoms with van der Waals surface area (Å²) in [4.78, 5) is 12.1. The number of benzene rings is 1. The molecule has 4 rings (SSSR count). The van der Waals surface area contributed by atoms with Gasteiger partial charge in [-0.05, 0) is 18.9 Å². The van der Waals surface area contributed by atoms with Gasteiger partial charge < -0.3 is 5.32 Å². The highest BCUT2D eigenvalue weighted by Crippen LogP contribution is 2.44. The first-order valence-electron chi connectivity index (χ1n) is 8.18. The molecule has 1 atom stereocenters. The topological polar surface area (TPSA) is 46.9 Å². The lowest BCUT2D eigenvalue weighted by molar-refractivity contribution is -0.113. The van der Waals surface area contributed by atoms with Crippen LogP contribution in [0.4, 0.5) is 19.0 Å². The van der Waals surface area contributed by atoms with Crippen LogP contribution in [0, 0.1) is 17.5 Å². The van der Waals surface area contributed by atoms with Crippen molar-refractivity contribution in [3.63, 3.8) is 0 Å². The second kappa shape index (κ2) is 6.40. The van der Waals surface area contributed by atoms with Gasteiger partial charge in [0.1, 0.15) is 5.82 Å². The number of rotatable bonds is 2. The summed E-state index contributed by atoms with van der Waals surface area (Å²) in [5, 5.41) is 6.62. The Morgan fingerprint density at radius 3 is 2.64 bits per heavy atom. The number of halogens is 3. The summed E-state index contributed by atoms with van der Waals surface area (Å²) in [6, 6.07) is 2.34. The molecule has 0 radical (unpaired) electrons. The average molecular weight is 367 g/mol. The van der Waals surface area contributed by atoms with E-state index < -0.39 is 22.7 Å². The van der Waals surface area contributed by atoms with Crippen molar-refractivity contribution < 1.29 is 18.0 Å². The van der Waals surface area contributed by atoms with Gasteiger partial charge in [0.05, 0.1) is 23.2 Å². The summed E-state index contributed by atoms with van der Waals surface area (Å²) in [7, 11) is 0. The van der Waals surface area contributed by atoms with Crippen LogP contribution in [-0.2, 0) is 4.79 Å². The van der Waals surface area contributed by atoms with Crippen LogP contribution in [0.3, 0.4) is 0 Å². The number of aromatic nitrogens is 2. The minimum absolute atomic E-state index is 0.0209. The second-order valence-electron chi connectivity index (χ2n) is 6.34. The molecule has 1 saturated carbocycles. The molecule has 25 heavy (non-hydrogen) atoms. The smallest absolute Gasteiger partial charge is 0.235 e. The number of thioether (sulfide) groups is 1. The summed E-state index contributed by atoms with van der Waals surface area (Å²) in [5.74, 6) is -3.51. The SMILES string of the molecule is O=C1CS[C@H](c2ccc(F)c(F)c2F)c2cnn(C3CCCC3)c2N1. The van der Waals surface area contributed by atoms with E-state index in [1.54, 1.807) is 10.9 Å². The fourth-order valence-corrected chi connectivity index (χ4v) is 4.64. The molecule has 1 N–H and O–H groups in total. The van der Waals surface area contributed by atoms with E-state index in [1.807, 2.05) is 0 Å². The molecule has 0 saturated heterocycles. The predicted octanol–water partition coefficient (Wildman–Crippen LogP) is 4.19. The molecule has 0 unspecified atom stereocenters. The van der Waals surface area contributed by atoms with Gasteiger partial charge in [-0.1, -0.05) is 18.9 Å². The predicted molar refractivity (Wildman–Crippen MR) is 89.0 cm³/mol. The van der Waals surface area contributed by atoms with Gasteiger partial charge in [-0.3, -0.25) is 4.79 Å². The average Bonchev–Trinajstić information content (AvgIpc) is 3.22. The molecular formula is C17H16F3N3OS. The Balaban J connectivity index is 1.81. The van der Waals surface area contributed by atoms with Crippen molar-refractivity contribution in [2.24, 2.45) is 0 Å². The van der Waals surface area contributed by atoms with Crippen molar-refractivity contribution >= 4 is 23.5 Å². The zero-order valence-corrected chi connectivity index (χ0v) is 14.1. The van der Waals surface area contributed by atoms with Crippen LogP contribution in [0.5, 0.6) is 0 Å². The van der Waals surface area contributed by atoms with Crippen LogP contribution in [0.2, 0.25) is 0 Å². The third-order valence-corrected chi connectivity index (χ3v) is 6.03. The molecule has 2 aromatic rings. The fraction of sp³-hybridized carbons (Fsp3) is 0.412. The Morgan fingerprint density at radius 2 is 1.88 bits per heavy atom. The van der Waals surface area contributed by atoms with Crippen molar-refractivity contribution in [1.29, 1.82) is 0 Å². The highest BCUT2D eigenvalue weighted by molar-refractivity contribution is 8.00. The summed E-state index contributed by atoms with van der Waals surface area (Å²) in [6.07, 6.45) is 5.74. The first kappa shape index (κ1) is 16.5. The van der Waals surface area contributed by atoms with Gasteiger partial charge in [0.2, 0.25) is 5.91 Å². The van der Waals surface area contributed by atoms with E-state index in [-0.39, 0.29) is 23.3 Å². The van der Waals surface area contributed by atoms with Gasteiger partial charge in [-0.2, -0.15) is 5.10 Å². The van der Waals surface area contributed by atoms with E-state index in [1.165, 1.54) is 17.8 Å². The van der Waals surface area contributed by atoms with Gasteiger partial charge in [-0.15, -0.1) is 11.8 Å². The number of nitrogens with one attached hydrogen (secondary N) is 1. The van der Waals surface area contributed by atoms with Crippen LogP contribution in [0.15, 0.2) is 18.3 Å². The molecule has 132 valence electrons. The molecular weight excluding hydrogens is 351 g/mol. The summed E-state index contributed by atoms with van der Waals surface area (Å²) >= 11 is 1.18. The maximum Gasteiger partial charge on any atom is 0.235 e. The molecule has 8 heteroatoms. The summed E-state index contributed by atoms with van der Waals surface area (Å²) in [6.45, 7) is 0. The number of carbonyl (C=O) groups is 1. The molecule has 1 amide bonds. The van der Waals surface area contributed by atoms with E-state index in [4.69, 9.17) is 0 Å². The number of hydrogen-bond donors (Lipinski definition) is 1. The molecule has 1 fully saturated rings. The maximum atomic E-state index is 14.3. The normalized spacial score (nSPS) is 21.1. The fourth-order valence-electron chi connectivity index (χ4n) is 3.54. The van der Waals surface area contributed by atoms with E-state index in [2.05, 4.69) is 10.4 Å². The van der Waals surface area contributed by atoms with Crippen molar-refractivity contribution in [3.05, 3.63) is 46.9 Å². The van der Waals surface area contributed by atoms with Gasteiger partial charge >= 0.3 is 0 Å². The Labute approximate surface area is 146 Å². The minimum Gasteiger partial charge on any atom is -0.310 e. The molecule has 2 aliphatic rings. The molecule has 1 aliphatic carbocycles. The van der Waals surface area contributed by atoms with Crippen LogP contribution < -0.4 is 5.32 Å². The molecule has 1 aromatic heterocycles. The number of anilines is 1. The standard InChI is InChI=1S/C17H16F3N3OS/c18-12-6-5-10(14(19)15(12)20)16-11-7-21-23(9-3-1-2-4-9)17(11)22-13(24)8-25-16/h5-7,9,16H,1-4,8H2,(H,22,24)/t16-/m1/s1. The summed E-state index contributed by atoms with van der Waals surface area (Å²) < 4.78 is 43.1. The van der Waals surface area contributed by atoms with Crippen molar-refractivity contribution in [2.45, 2.75) is 37.0 Å². The Kier molecular flexibility index (Phi) is 4.23. The van der Waals surface area contributed by atoms with Crippen molar-refractivity contribution in [1.82, 2.24) is 9.78 Å². The van der Waals surface area contributed by atoms with E-state index >= 15 is 0 Å². The lowest BCUT2D eigenvalue weighted by Crippen LogP contribution is -2.18. The lowest BCUT2D eigenvalue weighted by Gasteiger charge is -2.17. The van der Waals surface area contributed by atoms with Crippen LogP contribution in [0.1, 0.15) is 48.1 Å².